The van der Waals surface area contributed by atoms with Crippen LogP contribution in [0.25, 0.3) is 22.2 Å². The molecule has 1 N–H and O–H groups in total. The predicted molar refractivity (Wildman–Crippen MR) is 148 cm³/mol. The molecule has 0 saturated heterocycles. The first-order valence-corrected chi connectivity index (χ1v) is 12.5. The van der Waals surface area contributed by atoms with Gasteiger partial charge in [-0.1, -0.05) is 36.1 Å². The van der Waals surface area contributed by atoms with E-state index in [2.05, 4.69) is 37.6 Å². The zero-order valence-electron chi connectivity index (χ0n) is 21.9. The largest absolute Gasteiger partial charge is 0.342 e. The van der Waals surface area contributed by atoms with Crippen LogP contribution in [0.1, 0.15) is 46.0 Å². The Morgan fingerprint density at radius 2 is 1.90 bits per heavy atom. The molecule has 11 heteroatoms. The van der Waals surface area contributed by atoms with Crippen molar-refractivity contribution in [2.24, 2.45) is 7.05 Å². The van der Waals surface area contributed by atoms with Crippen molar-refractivity contribution < 1.29 is 4.79 Å². The summed E-state index contributed by atoms with van der Waals surface area (Å²) in [6.45, 7) is 3.51. The summed E-state index contributed by atoms with van der Waals surface area (Å²) in [5.74, 6) is 6.16. The Morgan fingerprint density at radius 3 is 2.67 bits per heavy atom. The number of hydrogen-bond donors (Lipinski definition) is 1. The number of nitrogens with zero attached hydrogens (tertiary/aromatic N) is 8. The van der Waals surface area contributed by atoms with Gasteiger partial charge in [-0.2, -0.15) is 15.3 Å². The molecular weight excluding hydrogens is 506 g/mol. The summed E-state index contributed by atoms with van der Waals surface area (Å²) in [7, 11) is 1.82. The first-order chi connectivity index (χ1) is 19.4. The molecule has 11 nitrogen and oxygen atoms in total. The number of aromatic nitrogens is 8. The van der Waals surface area contributed by atoms with Crippen LogP contribution in [-0.2, 0) is 7.05 Å². The molecule has 0 aliphatic rings. The van der Waals surface area contributed by atoms with E-state index in [1.807, 2.05) is 43.4 Å². The molecule has 0 fully saturated rings. The van der Waals surface area contributed by atoms with E-state index < -0.39 is 11.9 Å². The minimum atomic E-state index is -0.652. The monoisotopic (exact) mass is 529 g/mol. The number of carbonyl (C=O) groups is 1. The zero-order valence-corrected chi connectivity index (χ0v) is 21.9. The lowest BCUT2D eigenvalue weighted by Gasteiger charge is -2.20. The minimum absolute atomic E-state index is 0.290. The molecule has 0 radical (unpaired) electrons. The maximum absolute atomic E-state index is 14.1. The third-order valence-corrected chi connectivity index (χ3v) is 6.43. The number of fused-ring (bicyclic) bond motifs is 2. The zero-order chi connectivity index (χ0) is 27.8. The summed E-state index contributed by atoms with van der Waals surface area (Å²) in [5.41, 5.74) is 3.24. The van der Waals surface area contributed by atoms with E-state index in [-0.39, 0.29) is 5.56 Å². The number of amides is 1. The first kappa shape index (κ1) is 24.7. The van der Waals surface area contributed by atoms with E-state index in [9.17, 15) is 9.59 Å². The number of aryl methyl sites for hydroxylation is 2. The van der Waals surface area contributed by atoms with Crippen molar-refractivity contribution in [3.8, 4) is 17.5 Å². The molecule has 6 rings (SSSR count). The summed E-state index contributed by atoms with van der Waals surface area (Å²) >= 11 is 0. The average Bonchev–Trinajstić information content (AvgIpc) is 3.53. The minimum Gasteiger partial charge on any atom is -0.342 e. The molecule has 0 unspecified atom stereocenters. The van der Waals surface area contributed by atoms with Crippen LogP contribution in [0, 0.1) is 18.8 Å². The highest BCUT2D eigenvalue weighted by Crippen LogP contribution is 2.21. The van der Waals surface area contributed by atoms with E-state index in [0.29, 0.717) is 44.9 Å². The van der Waals surface area contributed by atoms with E-state index in [1.165, 1.54) is 15.3 Å². The Labute approximate surface area is 228 Å². The van der Waals surface area contributed by atoms with Gasteiger partial charge in [0.2, 0.25) is 0 Å². The third kappa shape index (κ3) is 4.37. The van der Waals surface area contributed by atoms with E-state index in [4.69, 9.17) is 4.98 Å². The Bertz CT molecular complexity index is 2030. The fourth-order valence-corrected chi connectivity index (χ4v) is 4.61. The van der Waals surface area contributed by atoms with Crippen LogP contribution in [0.15, 0.2) is 78.1 Å². The predicted octanol–water partition coefficient (Wildman–Crippen LogP) is 2.76. The van der Waals surface area contributed by atoms with Crippen LogP contribution >= 0.6 is 0 Å². The molecule has 6 aromatic rings. The summed E-state index contributed by atoms with van der Waals surface area (Å²) < 4.78 is 4.69. The van der Waals surface area contributed by atoms with Gasteiger partial charge in [0.05, 0.1) is 52.5 Å². The molecule has 196 valence electrons. The Balaban J connectivity index is 1.48. The summed E-state index contributed by atoms with van der Waals surface area (Å²) in [4.78, 5) is 32.4. The molecular formula is C29H23N9O2. The summed E-state index contributed by atoms with van der Waals surface area (Å²) in [6, 6.07) is 13.9. The number of carbonyl (C=O) groups excluding carboxylic acids is 1. The van der Waals surface area contributed by atoms with Gasteiger partial charge >= 0.3 is 0 Å². The van der Waals surface area contributed by atoms with Gasteiger partial charge < -0.3 is 5.32 Å². The van der Waals surface area contributed by atoms with Crippen molar-refractivity contribution >= 4 is 22.5 Å². The van der Waals surface area contributed by atoms with E-state index in [1.54, 1.807) is 49.3 Å². The number of rotatable bonds is 4. The number of benzene rings is 2. The van der Waals surface area contributed by atoms with Gasteiger partial charge in [0.15, 0.2) is 5.65 Å². The van der Waals surface area contributed by atoms with Gasteiger partial charge in [0.1, 0.15) is 11.4 Å². The van der Waals surface area contributed by atoms with Gasteiger partial charge in [-0.3, -0.25) is 18.8 Å². The Kier molecular flexibility index (Phi) is 6.12. The van der Waals surface area contributed by atoms with Crippen molar-refractivity contribution in [1.29, 1.82) is 0 Å². The molecule has 0 bridgehead atoms. The normalized spacial score (nSPS) is 11.8. The number of para-hydroxylation sites is 1. The number of hydrogen-bond acceptors (Lipinski definition) is 7. The second kappa shape index (κ2) is 9.92. The van der Waals surface area contributed by atoms with Crippen LogP contribution in [0.2, 0.25) is 0 Å². The Hall–Kier alpha value is -5.63. The summed E-state index contributed by atoms with van der Waals surface area (Å²) in [5, 5.41) is 19.8. The molecule has 1 atom stereocenters. The van der Waals surface area contributed by atoms with Crippen molar-refractivity contribution in [3.05, 3.63) is 112 Å². The first-order valence-electron chi connectivity index (χ1n) is 12.5. The maximum atomic E-state index is 14.1. The second-order valence-electron chi connectivity index (χ2n) is 9.24. The van der Waals surface area contributed by atoms with Crippen molar-refractivity contribution in [2.45, 2.75) is 19.9 Å². The topological polar surface area (TPSA) is 125 Å². The fourth-order valence-electron chi connectivity index (χ4n) is 4.61. The SMILES string of the molecule is Cc1nn2ccnnc2c1C(=O)N[C@@H](C)c1nc2cccc(C#Cc3cnn(C)c3)c2c(=O)n1-c1ccccc1. The fraction of sp³-hybridized carbons (Fsp3) is 0.138. The molecule has 0 aliphatic heterocycles. The number of nitrogens with one attached hydrogen (secondary N) is 1. The van der Waals surface area contributed by atoms with Gasteiger partial charge in [0.25, 0.3) is 11.5 Å². The molecule has 4 heterocycles. The Morgan fingerprint density at radius 1 is 1.07 bits per heavy atom. The molecule has 4 aromatic heterocycles. The van der Waals surface area contributed by atoms with Gasteiger partial charge in [-0.15, -0.1) is 5.10 Å². The lowest BCUT2D eigenvalue weighted by Crippen LogP contribution is -2.33. The molecule has 1 amide bonds. The van der Waals surface area contributed by atoms with Gasteiger partial charge in [0, 0.05) is 18.8 Å². The van der Waals surface area contributed by atoms with Crippen LogP contribution in [0.4, 0.5) is 0 Å². The van der Waals surface area contributed by atoms with Crippen molar-refractivity contribution in [2.75, 3.05) is 0 Å². The standard InChI is InChI=1S/C29H23N9O2/c1-18-24(27-34-30-14-15-37(27)35-18)28(39)32-19(2)26-33-23-11-7-8-21(13-12-20-16-31-36(3)17-20)25(23)29(40)38(26)22-9-5-4-6-10-22/h4-11,14-17,19H,1-3H3,(H,32,39)/t19-/m0/s1. The molecule has 0 saturated carbocycles. The average molecular weight is 530 g/mol. The highest BCUT2D eigenvalue weighted by Gasteiger charge is 2.24. The van der Waals surface area contributed by atoms with Crippen LogP contribution in [0.3, 0.4) is 0 Å². The lowest BCUT2D eigenvalue weighted by molar-refractivity contribution is 0.0938. The van der Waals surface area contributed by atoms with Crippen molar-refractivity contribution in [3.63, 3.8) is 0 Å². The van der Waals surface area contributed by atoms with E-state index >= 15 is 0 Å². The highest BCUT2D eigenvalue weighted by molar-refractivity contribution is 6.01. The second-order valence-corrected chi connectivity index (χ2v) is 9.24. The molecule has 40 heavy (non-hydrogen) atoms. The van der Waals surface area contributed by atoms with E-state index in [0.717, 1.165) is 5.56 Å². The van der Waals surface area contributed by atoms with Gasteiger partial charge in [-0.25, -0.2) is 9.50 Å². The maximum Gasteiger partial charge on any atom is 0.267 e. The highest BCUT2D eigenvalue weighted by atomic mass is 16.2. The molecule has 0 spiro atoms. The van der Waals surface area contributed by atoms with Crippen molar-refractivity contribution in [1.82, 2.24) is 44.5 Å². The lowest BCUT2D eigenvalue weighted by atomic mass is 10.1. The quantitative estimate of drug-likeness (QED) is 0.348. The van der Waals surface area contributed by atoms with Crippen LogP contribution < -0.4 is 10.9 Å². The third-order valence-electron chi connectivity index (χ3n) is 6.43. The van der Waals surface area contributed by atoms with Crippen LogP contribution in [-0.4, -0.2) is 45.1 Å². The molecule has 0 aliphatic carbocycles. The molecule has 2 aromatic carbocycles. The van der Waals surface area contributed by atoms with Gasteiger partial charge in [-0.05, 0) is 38.1 Å². The van der Waals surface area contributed by atoms with Crippen LogP contribution in [0.5, 0.6) is 0 Å². The smallest absolute Gasteiger partial charge is 0.267 e. The summed E-state index contributed by atoms with van der Waals surface area (Å²) in [6.07, 6.45) is 6.59.